The van der Waals surface area contributed by atoms with E-state index in [9.17, 15) is 4.79 Å². The van der Waals surface area contributed by atoms with Crippen molar-refractivity contribution in [3.05, 3.63) is 35.5 Å². The van der Waals surface area contributed by atoms with Gasteiger partial charge in [-0.1, -0.05) is 6.07 Å². The summed E-state index contributed by atoms with van der Waals surface area (Å²) in [5.41, 5.74) is -0.540. The molecule has 1 saturated heterocycles. The summed E-state index contributed by atoms with van der Waals surface area (Å²) in [6.45, 7) is -9.03. The van der Waals surface area contributed by atoms with Crippen molar-refractivity contribution < 1.29 is 27.4 Å². The largest absolute Gasteiger partial charge is 0.447 e. The summed E-state index contributed by atoms with van der Waals surface area (Å²) in [5, 5.41) is -0.108. The van der Waals surface area contributed by atoms with Crippen LogP contribution in [0.3, 0.4) is 0 Å². The molecule has 5 heteroatoms. The summed E-state index contributed by atoms with van der Waals surface area (Å²) in [6.07, 6.45) is -5.81. The van der Waals surface area contributed by atoms with Crippen LogP contribution >= 0.6 is 0 Å². The maximum Gasteiger partial charge on any atom is 0.407 e. The molecular formula is C16H21N3O2. The molecule has 1 aliphatic heterocycles. The summed E-state index contributed by atoms with van der Waals surface area (Å²) >= 11 is 0. The van der Waals surface area contributed by atoms with Crippen molar-refractivity contribution in [1.82, 2.24) is 15.2 Å². The Kier molecular flexibility index (Phi) is 1.46. The molecule has 0 aliphatic carbocycles. The smallest absolute Gasteiger partial charge is 0.407 e. The minimum Gasteiger partial charge on any atom is -0.447 e. The number of rotatable bonds is 5. The van der Waals surface area contributed by atoms with Crippen LogP contribution in [-0.4, -0.2) is 49.1 Å². The van der Waals surface area contributed by atoms with E-state index < -0.39 is 56.7 Å². The second kappa shape index (κ2) is 5.77. The third-order valence-electron chi connectivity index (χ3n) is 2.82. The lowest BCUT2D eigenvalue weighted by Gasteiger charge is -2.09. The first-order valence-electron chi connectivity index (χ1n) is 12.5. The van der Waals surface area contributed by atoms with Crippen LogP contribution in [-0.2, 0) is 17.5 Å². The van der Waals surface area contributed by atoms with E-state index in [1.165, 1.54) is 18.2 Å². The number of nitrogens with one attached hydrogen (secondary N) is 2. The molecular weight excluding hydrogens is 266 g/mol. The van der Waals surface area contributed by atoms with Gasteiger partial charge in [-0.05, 0) is 50.1 Å². The summed E-state index contributed by atoms with van der Waals surface area (Å²) in [5.74, 6) is 0. The van der Waals surface area contributed by atoms with E-state index in [1.807, 2.05) is 0 Å². The molecule has 2 heterocycles. The average molecular weight is 300 g/mol. The van der Waals surface area contributed by atoms with Crippen LogP contribution in [0.25, 0.3) is 10.9 Å². The molecule has 1 aromatic heterocycles. The SMILES string of the molecule is [2H]c1c(C([2H])([2H])C([2H])([2H])N(C)C([2H])([2H])[2H])c2cc(C[C@]3([2H])N([2H])C(=O)OC3([2H])[2H])ccc2n1[2H]. The van der Waals surface area contributed by atoms with Gasteiger partial charge in [0.1, 0.15) is 6.56 Å². The van der Waals surface area contributed by atoms with Crippen LogP contribution in [0.2, 0.25) is 2.82 Å². The van der Waals surface area contributed by atoms with Gasteiger partial charge in [0.2, 0.25) is 0 Å². The molecule has 2 N–H and O–H groups in total. The van der Waals surface area contributed by atoms with Gasteiger partial charge < -0.3 is 19.9 Å². The van der Waals surface area contributed by atoms with Gasteiger partial charge in [0.25, 0.3) is 0 Å². The normalized spacial score (nSPS) is 35.6. The number of H-pyrrole nitrogens is 1. The molecule has 0 spiro atoms. The van der Waals surface area contributed by atoms with E-state index in [4.69, 9.17) is 17.9 Å². The van der Waals surface area contributed by atoms with Crippen LogP contribution in [0.5, 0.6) is 0 Å². The molecule has 0 saturated carbocycles. The van der Waals surface area contributed by atoms with Crippen LogP contribution in [0.4, 0.5) is 4.79 Å². The highest BCUT2D eigenvalue weighted by atomic mass is 16.6. The van der Waals surface area contributed by atoms with E-state index in [2.05, 4.69) is 4.74 Å². The molecule has 0 bridgehead atoms. The van der Waals surface area contributed by atoms with Crippen LogP contribution in [0.1, 0.15) is 26.2 Å². The number of nitrogens with zero attached hydrogens (tertiary/aromatic N) is 1. The molecule has 21 heavy (non-hydrogen) atoms. The van der Waals surface area contributed by atoms with Gasteiger partial charge in [-0.2, -0.15) is 0 Å². The number of hydrogen-bond acceptors (Lipinski definition) is 3. The molecule has 5 nitrogen and oxygen atoms in total. The first-order valence-corrected chi connectivity index (χ1v) is 6.10. The molecule has 2 aromatic rings. The number of hydrogen-bond donors (Lipinski definition) is 2. The highest BCUT2D eigenvalue weighted by Crippen LogP contribution is 2.21. The van der Waals surface area contributed by atoms with Crippen molar-refractivity contribution in [2.75, 3.05) is 27.1 Å². The number of alkyl carbamates (subject to hydrolysis) is 1. The highest BCUT2D eigenvalue weighted by molar-refractivity contribution is 5.84. The van der Waals surface area contributed by atoms with Crippen molar-refractivity contribution >= 4 is 17.0 Å². The number of likely N-dealkylation sites (N-methyl/N-ethyl adjacent to an activating group) is 1. The number of aryl methyl sites for hydroxylation is 1. The van der Waals surface area contributed by atoms with Gasteiger partial charge in [-0.25, -0.2) is 4.79 Å². The Morgan fingerprint density at radius 2 is 2.67 bits per heavy atom. The lowest BCUT2D eigenvalue weighted by molar-refractivity contribution is 0.177. The molecule has 1 aliphatic rings. The summed E-state index contributed by atoms with van der Waals surface area (Å²) in [6, 6.07) is 1.28. The third kappa shape index (κ3) is 3.19. The van der Waals surface area contributed by atoms with Gasteiger partial charge >= 0.3 is 6.09 Å². The molecule has 0 radical (unpaired) electrons. The van der Waals surface area contributed by atoms with E-state index in [1.54, 1.807) is 0 Å². The minimum atomic E-state index is -3.16. The topological polar surface area (TPSA) is 57.4 Å². The molecule has 1 fully saturated rings. The average Bonchev–Trinajstić information content (AvgIpc) is 3.02. The second-order valence-electron chi connectivity index (χ2n) is 4.45. The van der Waals surface area contributed by atoms with Crippen molar-refractivity contribution in [2.24, 2.45) is 0 Å². The number of carbonyl (C=O) groups excluding carboxylic acids is 1. The Hall–Kier alpha value is -2.01. The first kappa shape index (κ1) is 5.32. The van der Waals surface area contributed by atoms with Gasteiger partial charge in [-0.3, -0.25) is 0 Å². The lowest BCUT2D eigenvalue weighted by Crippen LogP contribution is -2.28. The Labute approximate surface area is 142 Å². The van der Waals surface area contributed by atoms with Crippen molar-refractivity contribution in [3.63, 3.8) is 0 Å². The fourth-order valence-corrected chi connectivity index (χ4v) is 1.93. The third-order valence-corrected chi connectivity index (χ3v) is 2.82. The quantitative estimate of drug-likeness (QED) is 0.887. The standard InChI is InChI=1S/C16H21N3O2/c1-19(2)6-5-12-9-17-15-4-3-11(8-14(12)15)7-13-10-21-16(20)18-13/h3-4,8-9,13,17H,5-7,10H2,1-2H3,(H,18,20)/t13-/m0/s1/i1D3,5D2,6D2,9D,10D2,13D/hD2. The van der Waals surface area contributed by atoms with Crippen LogP contribution in [0.15, 0.2) is 24.4 Å². The van der Waals surface area contributed by atoms with Crippen molar-refractivity contribution in [1.29, 1.82) is 0 Å². The number of fused-ring (bicyclic) bond motifs is 1. The fraction of sp³-hybridized carbons (Fsp3) is 0.438. The molecule has 1 aromatic carbocycles. The second-order valence-corrected chi connectivity index (χ2v) is 4.45. The maximum absolute atomic E-state index is 11.7. The summed E-state index contributed by atoms with van der Waals surface area (Å²) in [4.78, 5) is 12.4. The number of carbonyl (C=O) groups is 1. The highest BCUT2D eigenvalue weighted by Gasteiger charge is 2.22. The molecule has 3 rings (SSSR count). The number of benzene rings is 1. The summed E-state index contributed by atoms with van der Waals surface area (Å²) < 4.78 is 108. The van der Waals surface area contributed by atoms with Crippen LogP contribution in [0, 0.1) is 0 Å². The van der Waals surface area contributed by atoms with Gasteiger partial charge in [0, 0.05) is 33.2 Å². The van der Waals surface area contributed by atoms with Gasteiger partial charge in [-0.15, -0.1) is 0 Å². The monoisotopic (exact) mass is 300 g/mol. The Balaban J connectivity index is 2.18. The van der Waals surface area contributed by atoms with E-state index >= 15 is 0 Å². The van der Waals surface area contributed by atoms with E-state index in [0.29, 0.717) is 4.98 Å². The van der Waals surface area contributed by atoms with Crippen molar-refractivity contribution in [2.45, 2.75) is 18.8 Å². The number of ether oxygens (including phenoxy) is 1. The number of aromatic nitrogens is 1. The zero-order chi connectivity index (χ0) is 26.2. The maximum atomic E-state index is 11.7. The first-order chi connectivity index (χ1) is 15.2. The zero-order valence-electron chi connectivity index (χ0n) is 24.1. The predicted octanol–water partition coefficient (Wildman–Crippen LogP) is 1.92. The van der Waals surface area contributed by atoms with E-state index in [0.717, 1.165) is 7.05 Å². The molecule has 1 amide bonds. The van der Waals surface area contributed by atoms with Crippen LogP contribution < -0.4 is 5.31 Å². The number of aromatic amines is 1. The van der Waals surface area contributed by atoms with Gasteiger partial charge in [0.15, 0.2) is 2.82 Å². The predicted molar refractivity (Wildman–Crippen MR) is 82.5 cm³/mol. The Morgan fingerprint density at radius 1 is 1.76 bits per heavy atom. The summed E-state index contributed by atoms with van der Waals surface area (Å²) in [7, 11) is 0.867. The minimum absolute atomic E-state index is 0.0246. The van der Waals surface area contributed by atoms with Crippen molar-refractivity contribution in [3.8, 4) is 0 Å². The number of cyclic esters (lactones) is 1. The number of amides is 1. The van der Waals surface area contributed by atoms with E-state index in [-0.39, 0.29) is 26.7 Å². The fourth-order valence-electron chi connectivity index (χ4n) is 1.93. The Bertz CT molecular complexity index is 1150. The zero-order valence-corrected chi connectivity index (χ0v) is 11.1. The van der Waals surface area contributed by atoms with Gasteiger partial charge in [0.05, 0.1) is 11.5 Å². The molecule has 0 unspecified atom stereocenters. The molecule has 1 atom stereocenters. The Morgan fingerprint density at radius 3 is 3.43 bits per heavy atom. The lowest BCUT2D eigenvalue weighted by atomic mass is 10.0. The molecule has 112 valence electrons.